The molecule has 1 fully saturated rings. The molecule has 0 aromatic heterocycles. The van der Waals surface area contributed by atoms with Crippen molar-refractivity contribution in [1.82, 2.24) is 15.3 Å². The van der Waals surface area contributed by atoms with E-state index in [1.807, 2.05) is 13.8 Å². The third kappa shape index (κ3) is 4.13. The van der Waals surface area contributed by atoms with Crippen LogP contribution in [0.3, 0.4) is 0 Å². The standard InChI is InChI=1S/C19H29N3O6/c1-18(2,3)10-19(4,5)20-15-13(16(25)27-6)14(17(26)28-7)21-11(23)8-9-12(24)22(15)21/h14,20H,8-10H2,1-7H3. The lowest BCUT2D eigenvalue weighted by molar-refractivity contribution is -0.173. The molecule has 156 valence electrons. The minimum Gasteiger partial charge on any atom is -0.467 e. The van der Waals surface area contributed by atoms with Gasteiger partial charge in [-0.1, -0.05) is 20.8 Å². The summed E-state index contributed by atoms with van der Waals surface area (Å²) in [6, 6.07) is -1.37. The van der Waals surface area contributed by atoms with Crippen molar-refractivity contribution in [1.29, 1.82) is 0 Å². The van der Waals surface area contributed by atoms with Gasteiger partial charge in [-0.3, -0.25) is 9.59 Å². The minimum absolute atomic E-state index is 0.0114. The molecule has 0 saturated carbocycles. The van der Waals surface area contributed by atoms with Gasteiger partial charge in [0, 0.05) is 18.4 Å². The molecule has 2 amide bonds. The maximum absolute atomic E-state index is 12.7. The van der Waals surface area contributed by atoms with Gasteiger partial charge in [-0.05, 0) is 25.7 Å². The highest BCUT2D eigenvalue weighted by Gasteiger charge is 2.54. The molecule has 2 rings (SSSR count). The Bertz CT molecular complexity index is 734. The van der Waals surface area contributed by atoms with E-state index in [1.54, 1.807) is 0 Å². The van der Waals surface area contributed by atoms with Crippen molar-refractivity contribution in [2.75, 3.05) is 14.2 Å². The monoisotopic (exact) mass is 395 g/mol. The van der Waals surface area contributed by atoms with E-state index in [9.17, 15) is 19.2 Å². The third-order valence-electron chi connectivity index (χ3n) is 4.50. The molecule has 0 spiro atoms. The Morgan fingerprint density at radius 1 is 1.04 bits per heavy atom. The first kappa shape index (κ1) is 21.7. The topological polar surface area (TPSA) is 105 Å². The van der Waals surface area contributed by atoms with Gasteiger partial charge in [0.15, 0.2) is 6.04 Å². The van der Waals surface area contributed by atoms with Crippen LogP contribution in [0.15, 0.2) is 11.4 Å². The molecule has 2 heterocycles. The van der Waals surface area contributed by atoms with Crippen molar-refractivity contribution in [2.24, 2.45) is 5.41 Å². The van der Waals surface area contributed by atoms with Gasteiger partial charge in [-0.15, -0.1) is 0 Å². The van der Waals surface area contributed by atoms with Gasteiger partial charge in [0.1, 0.15) is 11.4 Å². The number of fused-ring (bicyclic) bond motifs is 1. The van der Waals surface area contributed by atoms with E-state index in [0.717, 1.165) is 17.1 Å². The second-order valence-electron chi connectivity index (χ2n) is 8.87. The zero-order valence-electron chi connectivity index (χ0n) is 17.5. The smallest absolute Gasteiger partial charge is 0.340 e. The van der Waals surface area contributed by atoms with Gasteiger partial charge >= 0.3 is 11.9 Å². The highest BCUT2D eigenvalue weighted by Crippen LogP contribution is 2.36. The normalized spacial score (nSPS) is 20.3. The second kappa shape index (κ2) is 7.44. The van der Waals surface area contributed by atoms with Crippen LogP contribution in [0.1, 0.15) is 53.9 Å². The maximum Gasteiger partial charge on any atom is 0.340 e. The summed E-state index contributed by atoms with van der Waals surface area (Å²) in [6.45, 7) is 10.1. The molecule has 9 nitrogen and oxygen atoms in total. The zero-order valence-corrected chi connectivity index (χ0v) is 17.5. The van der Waals surface area contributed by atoms with Crippen LogP contribution in [0, 0.1) is 5.41 Å². The van der Waals surface area contributed by atoms with Gasteiger partial charge in [0.2, 0.25) is 11.8 Å². The number of amides is 2. The van der Waals surface area contributed by atoms with Crippen LogP contribution in [0.4, 0.5) is 0 Å². The number of carbonyl (C=O) groups excluding carboxylic acids is 4. The van der Waals surface area contributed by atoms with E-state index in [0.29, 0.717) is 6.42 Å². The Hall–Kier alpha value is -2.58. The van der Waals surface area contributed by atoms with Gasteiger partial charge in [0.25, 0.3) is 0 Å². The Morgan fingerprint density at radius 3 is 2.11 bits per heavy atom. The van der Waals surface area contributed by atoms with Crippen molar-refractivity contribution in [2.45, 2.75) is 65.5 Å². The van der Waals surface area contributed by atoms with Crippen LogP contribution in [0.25, 0.3) is 0 Å². The molecular formula is C19H29N3O6. The predicted molar refractivity (Wildman–Crippen MR) is 99.1 cm³/mol. The van der Waals surface area contributed by atoms with Crippen molar-refractivity contribution in [3.05, 3.63) is 11.4 Å². The molecule has 28 heavy (non-hydrogen) atoms. The number of nitrogens with zero attached hydrogens (tertiary/aromatic N) is 2. The lowest BCUT2D eigenvalue weighted by Crippen LogP contribution is -2.57. The van der Waals surface area contributed by atoms with E-state index in [-0.39, 0.29) is 35.6 Å². The van der Waals surface area contributed by atoms with Crippen LogP contribution in [0.2, 0.25) is 0 Å². The van der Waals surface area contributed by atoms with Crippen LogP contribution in [0.5, 0.6) is 0 Å². The SMILES string of the molecule is COC(=O)C1=C(NC(C)(C)CC(C)(C)C)N2C(=O)CCC(=O)N2C1C(=O)OC. The minimum atomic E-state index is -1.37. The summed E-state index contributed by atoms with van der Waals surface area (Å²) in [6.07, 6.45) is 0.634. The number of esters is 2. The molecule has 1 unspecified atom stereocenters. The molecule has 1 N–H and O–H groups in total. The number of methoxy groups -OCH3 is 2. The summed E-state index contributed by atoms with van der Waals surface area (Å²) in [5.41, 5.74) is -0.714. The van der Waals surface area contributed by atoms with Gasteiger partial charge < -0.3 is 14.8 Å². The quantitative estimate of drug-likeness (QED) is 0.695. The Morgan fingerprint density at radius 2 is 1.61 bits per heavy atom. The van der Waals surface area contributed by atoms with E-state index in [4.69, 9.17) is 9.47 Å². The Kier molecular flexibility index (Phi) is 5.77. The summed E-state index contributed by atoms with van der Waals surface area (Å²) >= 11 is 0. The summed E-state index contributed by atoms with van der Waals surface area (Å²) in [7, 11) is 2.34. The molecule has 0 aliphatic carbocycles. The lowest BCUT2D eigenvalue weighted by Gasteiger charge is -2.40. The highest BCUT2D eigenvalue weighted by molar-refractivity contribution is 6.04. The van der Waals surface area contributed by atoms with Crippen molar-refractivity contribution in [3.63, 3.8) is 0 Å². The third-order valence-corrected chi connectivity index (χ3v) is 4.50. The predicted octanol–water partition coefficient (Wildman–Crippen LogP) is 1.10. The van der Waals surface area contributed by atoms with Gasteiger partial charge in [-0.2, -0.15) is 0 Å². The average molecular weight is 395 g/mol. The Labute approximate surface area is 165 Å². The molecule has 1 atom stereocenters. The lowest BCUT2D eigenvalue weighted by atomic mass is 9.81. The molecule has 2 aliphatic rings. The first-order valence-electron chi connectivity index (χ1n) is 9.16. The summed E-state index contributed by atoms with van der Waals surface area (Å²) < 4.78 is 9.67. The van der Waals surface area contributed by atoms with Gasteiger partial charge in [-0.25, -0.2) is 19.6 Å². The first-order chi connectivity index (χ1) is 12.8. The van der Waals surface area contributed by atoms with Crippen molar-refractivity contribution >= 4 is 23.8 Å². The van der Waals surface area contributed by atoms with E-state index < -0.39 is 29.4 Å². The number of hydrazine groups is 1. The molecule has 0 aromatic rings. The molecule has 9 heteroatoms. The van der Waals surface area contributed by atoms with Crippen LogP contribution in [-0.4, -0.2) is 59.6 Å². The second-order valence-corrected chi connectivity index (χ2v) is 8.87. The van der Waals surface area contributed by atoms with Crippen molar-refractivity contribution in [3.8, 4) is 0 Å². The Balaban J connectivity index is 2.62. The number of rotatable bonds is 5. The number of nitrogens with one attached hydrogen (secondary N) is 1. The molecule has 0 bridgehead atoms. The largest absolute Gasteiger partial charge is 0.467 e. The molecule has 0 radical (unpaired) electrons. The molecular weight excluding hydrogens is 366 g/mol. The van der Waals surface area contributed by atoms with E-state index >= 15 is 0 Å². The van der Waals surface area contributed by atoms with Crippen LogP contribution >= 0.6 is 0 Å². The average Bonchev–Trinajstić information content (AvgIpc) is 2.90. The first-order valence-corrected chi connectivity index (χ1v) is 9.16. The fourth-order valence-corrected chi connectivity index (χ4v) is 3.98. The number of hydrogen-bond acceptors (Lipinski definition) is 7. The maximum atomic E-state index is 12.7. The number of hydrogen-bond donors (Lipinski definition) is 1. The van der Waals surface area contributed by atoms with Crippen molar-refractivity contribution < 1.29 is 28.7 Å². The number of carbonyl (C=O) groups is 4. The molecule has 1 saturated heterocycles. The molecule has 2 aliphatic heterocycles. The summed E-state index contributed by atoms with van der Waals surface area (Å²) in [4.78, 5) is 50.3. The fourth-order valence-electron chi connectivity index (χ4n) is 3.98. The summed E-state index contributed by atoms with van der Waals surface area (Å²) in [5.74, 6) is -2.36. The van der Waals surface area contributed by atoms with Crippen LogP contribution < -0.4 is 5.32 Å². The highest BCUT2D eigenvalue weighted by atomic mass is 16.5. The van der Waals surface area contributed by atoms with Crippen LogP contribution in [-0.2, 0) is 28.7 Å². The molecule has 0 aromatic carbocycles. The fraction of sp³-hybridized carbons (Fsp3) is 0.684. The zero-order chi connectivity index (χ0) is 21.4. The number of ether oxygens (including phenoxy) is 2. The van der Waals surface area contributed by atoms with E-state index in [2.05, 4.69) is 26.1 Å². The summed E-state index contributed by atoms with van der Waals surface area (Å²) in [5, 5.41) is 5.31. The van der Waals surface area contributed by atoms with Gasteiger partial charge in [0.05, 0.1) is 14.2 Å². The van der Waals surface area contributed by atoms with E-state index in [1.165, 1.54) is 7.11 Å².